The molecule has 1 aromatic carbocycles. The molecule has 0 N–H and O–H groups in total. The van der Waals surface area contributed by atoms with Crippen molar-refractivity contribution in [1.29, 1.82) is 0 Å². The number of carbonyl (C=O) groups excluding carboxylic acids is 1. The maximum absolute atomic E-state index is 12.9. The zero-order valence-electron chi connectivity index (χ0n) is 12.9. The van der Waals surface area contributed by atoms with E-state index in [0.717, 1.165) is 42.2 Å². The zero-order chi connectivity index (χ0) is 15.0. The number of rotatable bonds is 3. The highest BCUT2D eigenvalue weighted by Gasteiger charge is 2.43. The second kappa shape index (κ2) is 5.30. The van der Waals surface area contributed by atoms with Gasteiger partial charge in [-0.2, -0.15) is 0 Å². The highest BCUT2D eigenvalue weighted by Crippen LogP contribution is 2.38. The summed E-state index contributed by atoms with van der Waals surface area (Å²) in [5, 5.41) is 0.980. The lowest BCUT2D eigenvalue weighted by atomic mass is 9.76. The summed E-state index contributed by atoms with van der Waals surface area (Å²) in [6.45, 7) is 4.22. The van der Waals surface area contributed by atoms with Crippen LogP contribution in [0.15, 0.2) is 28.7 Å². The number of aryl methyl sites for hydroxylation is 1. The maximum atomic E-state index is 12.9. The van der Waals surface area contributed by atoms with Gasteiger partial charge in [-0.25, -0.2) is 0 Å². The highest BCUT2D eigenvalue weighted by atomic mass is 16.5. The van der Waals surface area contributed by atoms with Crippen LogP contribution in [-0.2, 0) is 4.74 Å². The summed E-state index contributed by atoms with van der Waals surface area (Å²) in [7, 11) is 1.64. The molecule has 0 bridgehead atoms. The van der Waals surface area contributed by atoms with Crippen LogP contribution >= 0.6 is 0 Å². The molecule has 2 atom stereocenters. The van der Waals surface area contributed by atoms with Gasteiger partial charge in [-0.1, -0.05) is 25.0 Å². The van der Waals surface area contributed by atoms with Gasteiger partial charge in [0, 0.05) is 12.5 Å². The van der Waals surface area contributed by atoms with Crippen molar-refractivity contribution in [3.05, 3.63) is 35.6 Å². The van der Waals surface area contributed by atoms with Crippen LogP contribution < -0.4 is 0 Å². The van der Waals surface area contributed by atoms with E-state index in [1.807, 2.05) is 31.2 Å². The van der Waals surface area contributed by atoms with E-state index >= 15 is 0 Å². The van der Waals surface area contributed by atoms with Gasteiger partial charge in [0.1, 0.15) is 11.2 Å². The Balaban J connectivity index is 1.98. The van der Waals surface area contributed by atoms with Gasteiger partial charge in [-0.3, -0.25) is 4.79 Å². The Morgan fingerprint density at radius 3 is 2.90 bits per heavy atom. The minimum absolute atomic E-state index is 0.00889. The van der Waals surface area contributed by atoms with E-state index in [-0.39, 0.29) is 5.78 Å². The minimum Gasteiger partial charge on any atom is -0.453 e. The quantitative estimate of drug-likeness (QED) is 0.779. The number of furan rings is 1. The molecule has 0 amide bonds. The van der Waals surface area contributed by atoms with Crippen molar-refractivity contribution in [3.8, 4) is 0 Å². The molecule has 3 nitrogen and oxygen atoms in total. The average molecular weight is 286 g/mol. The van der Waals surface area contributed by atoms with Crippen molar-refractivity contribution in [2.45, 2.75) is 45.1 Å². The molecule has 1 saturated carbocycles. The number of ketones is 1. The van der Waals surface area contributed by atoms with Crippen molar-refractivity contribution in [2.24, 2.45) is 5.92 Å². The Morgan fingerprint density at radius 1 is 1.38 bits per heavy atom. The fraction of sp³-hybridized carbons (Fsp3) is 0.500. The van der Waals surface area contributed by atoms with Gasteiger partial charge < -0.3 is 9.15 Å². The van der Waals surface area contributed by atoms with Gasteiger partial charge in [-0.05, 0) is 50.3 Å². The summed E-state index contributed by atoms with van der Waals surface area (Å²) in [6, 6.07) is 7.81. The second-order valence-corrected chi connectivity index (χ2v) is 6.38. The van der Waals surface area contributed by atoms with Crippen LogP contribution in [0.25, 0.3) is 11.0 Å². The van der Waals surface area contributed by atoms with E-state index in [0.29, 0.717) is 11.7 Å². The summed E-state index contributed by atoms with van der Waals surface area (Å²) >= 11 is 0. The van der Waals surface area contributed by atoms with Crippen LogP contribution in [-0.4, -0.2) is 18.5 Å². The lowest BCUT2D eigenvalue weighted by Gasteiger charge is -2.36. The van der Waals surface area contributed by atoms with E-state index in [1.54, 1.807) is 7.11 Å². The fourth-order valence-corrected chi connectivity index (χ4v) is 3.49. The van der Waals surface area contributed by atoms with Crippen LogP contribution in [0.5, 0.6) is 0 Å². The SMILES string of the molecule is COC1(C(=O)c2cc3cc(C)ccc3o2)CCCC(C)C1. The van der Waals surface area contributed by atoms with Crippen molar-refractivity contribution in [2.75, 3.05) is 7.11 Å². The molecule has 1 aromatic heterocycles. The number of hydrogen-bond acceptors (Lipinski definition) is 3. The first-order valence-electron chi connectivity index (χ1n) is 7.64. The summed E-state index contributed by atoms with van der Waals surface area (Å²) in [4.78, 5) is 12.9. The highest BCUT2D eigenvalue weighted by molar-refractivity contribution is 6.03. The van der Waals surface area contributed by atoms with E-state index in [1.165, 1.54) is 0 Å². The first kappa shape index (κ1) is 14.3. The van der Waals surface area contributed by atoms with Gasteiger partial charge >= 0.3 is 0 Å². The van der Waals surface area contributed by atoms with Gasteiger partial charge in [0.05, 0.1) is 0 Å². The van der Waals surface area contributed by atoms with Crippen molar-refractivity contribution in [3.63, 3.8) is 0 Å². The Labute approximate surface area is 125 Å². The molecule has 1 fully saturated rings. The lowest BCUT2D eigenvalue weighted by Crippen LogP contribution is -2.44. The molecule has 3 rings (SSSR count). The molecule has 0 radical (unpaired) electrons. The van der Waals surface area contributed by atoms with E-state index in [2.05, 4.69) is 6.92 Å². The van der Waals surface area contributed by atoms with Crippen LogP contribution in [0.2, 0.25) is 0 Å². The standard InChI is InChI=1S/C18H22O3/c1-12-6-7-15-14(9-12)10-16(21-15)17(19)18(20-3)8-4-5-13(2)11-18/h6-7,9-10,13H,4-5,8,11H2,1-3H3. The third kappa shape index (κ3) is 2.51. The molecule has 2 aromatic rings. The van der Waals surface area contributed by atoms with Gasteiger partial charge in [0.15, 0.2) is 5.76 Å². The predicted molar refractivity (Wildman–Crippen MR) is 82.7 cm³/mol. The van der Waals surface area contributed by atoms with Gasteiger partial charge in [-0.15, -0.1) is 0 Å². The van der Waals surface area contributed by atoms with Crippen LogP contribution in [0, 0.1) is 12.8 Å². The Hall–Kier alpha value is -1.61. The van der Waals surface area contributed by atoms with Crippen LogP contribution in [0.4, 0.5) is 0 Å². The molecule has 0 saturated heterocycles. The van der Waals surface area contributed by atoms with Crippen LogP contribution in [0.1, 0.15) is 48.7 Å². The van der Waals surface area contributed by atoms with E-state index in [9.17, 15) is 4.79 Å². The van der Waals surface area contributed by atoms with E-state index in [4.69, 9.17) is 9.15 Å². The molecule has 1 aliphatic rings. The summed E-state index contributed by atoms with van der Waals surface area (Å²) < 4.78 is 11.4. The Morgan fingerprint density at radius 2 is 2.19 bits per heavy atom. The summed E-state index contributed by atoms with van der Waals surface area (Å²) in [5.41, 5.74) is 1.22. The van der Waals surface area contributed by atoms with Crippen molar-refractivity contribution in [1.82, 2.24) is 0 Å². The topological polar surface area (TPSA) is 39.4 Å². The number of hydrogen-bond donors (Lipinski definition) is 0. The first-order valence-corrected chi connectivity index (χ1v) is 7.64. The molecule has 2 unspecified atom stereocenters. The zero-order valence-corrected chi connectivity index (χ0v) is 12.9. The molecule has 1 heterocycles. The van der Waals surface area contributed by atoms with Gasteiger partial charge in [0.2, 0.25) is 5.78 Å². The van der Waals surface area contributed by atoms with Crippen molar-refractivity contribution < 1.29 is 13.9 Å². The number of fused-ring (bicyclic) bond motifs is 1. The molecule has 21 heavy (non-hydrogen) atoms. The summed E-state index contributed by atoms with van der Waals surface area (Å²) in [6.07, 6.45) is 3.75. The van der Waals surface area contributed by atoms with E-state index < -0.39 is 5.60 Å². The second-order valence-electron chi connectivity index (χ2n) is 6.38. The molecule has 112 valence electrons. The Kier molecular flexibility index (Phi) is 3.62. The number of carbonyl (C=O) groups is 1. The smallest absolute Gasteiger partial charge is 0.229 e. The third-order valence-electron chi connectivity index (χ3n) is 4.66. The normalized spacial score (nSPS) is 26.1. The maximum Gasteiger partial charge on any atom is 0.229 e. The fourth-order valence-electron chi connectivity index (χ4n) is 3.49. The molecule has 1 aliphatic carbocycles. The number of benzene rings is 1. The summed E-state index contributed by atoms with van der Waals surface area (Å²) in [5.74, 6) is 0.922. The minimum atomic E-state index is -0.708. The van der Waals surface area contributed by atoms with Crippen molar-refractivity contribution >= 4 is 16.8 Å². The molecular formula is C18H22O3. The first-order chi connectivity index (χ1) is 10.0. The molecular weight excluding hydrogens is 264 g/mol. The van der Waals surface area contributed by atoms with Gasteiger partial charge in [0.25, 0.3) is 0 Å². The largest absolute Gasteiger partial charge is 0.453 e. The lowest BCUT2D eigenvalue weighted by molar-refractivity contribution is -0.0318. The number of methoxy groups -OCH3 is 1. The number of Topliss-reactive ketones (excluding diaryl/α,β-unsaturated/α-hetero) is 1. The average Bonchev–Trinajstić information content (AvgIpc) is 2.89. The number of ether oxygens (including phenoxy) is 1. The Bertz CT molecular complexity index is 670. The predicted octanol–water partition coefficient (Wildman–Crippen LogP) is 4.52. The monoisotopic (exact) mass is 286 g/mol. The molecule has 0 spiro atoms. The third-order valence-corrected chi connectivity index (χ3v) is 4.66. The van der Waals surface area contributed by atoms with Crippen LogP contribution in [0.3, 0.4) is 0 Å². The molecule has 3 heteroatoms. The molecule has 0 aliphatic heterocycles.